The minimum absolute atomic E-state index is 0.103. The SMILES string of the molecule is COc1ccc([C@@H]2[C@H](C(=O)Nc3ccc(Br)cc3C)CC(=O)N2c2ccc(OC)cc2)cc1. The second-order valence-electron chi connectivity index (χ2n) is 7.94. The van der Waals surface area contributed by atoms with Crippen molar-refractivity contribution >= 4 is 39.1 Å². The van der Waals surface area contributed by atoms with Gasteiger partial charge in [0, 0.05) is 22.3 Å². The zero-order chi connectivity index (χ0) is 23.5. The van der Waals surface area contributed by atoms with E-state index in [2.05, 4.69) is 21.2 Å². The fourth-order valence-corrected chi connectivity index (χ4v) is 4.67. The van der Waals surface area contributed by atoms with E-state index < -0.39 is 12.0 Å². The summed E-state index contributed by atoms with van der Waals surface area (Å²) < 4.78 is 11.5. The van der Waals surface area contributed by atoms with E-state index in [1.54, 1.807) is 19.1 Å². The first-order valence-electron chi connectivity index (χ1n) is 10.6. The van der Waals surface area contributed by atoms with Gasteiger partial charge in [0.25, 0.3) is 0 Å². The van der Waals surface area contributed by atoms with Crippen LogP contribution in [-0.2, 0) is 9.59 Å². The largest absolute Gasteiger partial charge is 0.497 e. The number of amides is 2. The lowest BCUT2D eigenvalue weighted by Gasteiger charge is -2.29. The maximum Gasteiger partial charge on any atom is 0.230 e. The van der Waals surface area contributed by atoms with Gasteiger partial charge in [0.1, 0.15) is 11.5 Å². The van der Waals surface area contributed by atoms with E-state index in [9.17, 15) is 9.59 Å². The molecule has 3 aromatic rings. The lowest BCUT2D eigenvalue weighted by molar-refractivity contribution is -0.122. The summed E-state index contributed by atoms with van der Waals surface area (Å²) in [6.45, 7) is 1.94. The molecule has 1 aliphatic rings. The lowest BCUT2D eigenvalue weighted by atomic mass is 9.92. The number of halogens is 1. The standard InChI is InChI=1S/C26H25BrN2O4/c1-16-14-18(27)6-13-23(16)28-26(31)22-15-24(30)29(19-7-11-21(33-3)12-8-19)25(22)17-4-9-20(32-2)10-5-17/h4-14,22,25H,15H2,1-3H3,(H,28,31)/t22-,25-/m1/s1. The number of carbonyl (C=O) groups is 2. The van der Waals surface area contributed by atoms with Crippen molar-refractivity contribution < 1.29 is 19.1 Å². The molecule has 0 spiro atoms. The molecule has 0 unspecified atom stereocenters. The minimum Gasteiger partial charge on any atom is -0.497 e. The topological polar surface area (TPSA) is 67.9 Å². The lowest BCUT2D eigenvalue weighted by Crippen LogP contribution is -2.32. The van der Waals surface area contributed by atoms with E-state index in [1.807, 2.05) is 73.7 Å². The van der Waals surface area contributed by atoms with Crippen LogP contribution in [0.1, 0.15) is 23.6 Å². The number of methoxy groups -OCH3 is 2. The maximum atomic E-state index is 13.4. The molecule has 33 heavy (non-hydrogen) atoms. The predicted molar refractivity (Wildman–Crippen MR) is 132 cm³/mol. The number of nitrogens with zero attached hydrogens (tertiary/aromatic N) is 1. The van der Waals surface area contributed by atoms with Gasteiger partial charge in [0.05, 0.1) is 26.2 Å². The molecule has 1 aliphatic heterocycles. The number of aryl methyl sites for hydroxylation is 1. The summed E-state index contributed by atoms with van der Waals surface area (Å²) in [5.41, 5.74) is 3.25. The highest BCUT2D eigenvalue weighted by molar-refractivity contribution is 9.10. The quantitative estimate of drug-likeness (QED) is 0.476. The van der Waals surface area contributed by atoms with E-state index in [0.29, 0.717) is 11.5 Å². The second kappa shape index (κ2) is 9.67. The molecule has 0 aliphatic carbocycles. The molecule has 0 aromatic heterocycles. The summed E-state index contributed by atoms with van der Waals surface area (Å²) in [5.74, 6) is 0.562. The summed E-state index contributed by atoms with van der Waals surface area (Å²) in [4.78, 5) is 28.3. The molecule has 2 amide bonds. The van der Waals surface area contributed by atoms with Crippen LogP contribution in [-0.4, -0.2) is 26.0 Å². The average molecular weight is 509 g/mol. The summed E-state index contributed by atoms with van der Waals surface area (Å²) in [5, 5.41) is 3.03. The van der Waals surface area contributed by atoms with E-state index >= 15 is 0 Å². The minimum atomic E-state index is -0.559. The van der Waals surface area contributed by atoms with Crippen molar-refractivity contribution in [1.29, 1.82) is 0 Å². The molecule has 1 saturated heterocycles. The molecule has 170 valence electrons. The normalized spacial score (nSPS) is 17.7. The summed E-state index contributed by atoms with van der Waals surface area (Å²) >= 11 is 3.45. The van der Waals surface area contributed by atoms with Crippen LogP contribution in [0.25, 0.3) is 0 Å². The Kier molecular flexibility index (Phi) is 6.70. The zero-order valence-electron chi connectivity index (χ0n) is 18.7. The van der Waals surface area contributed by atoms with E-state index in [-0.39, 0.29) is 18.2 Å². The van der Waals surface area contributed by atoms with E-state index in [1.165, 1.54) is 0 Å². The highest BCUT2D eigenvalue weighted by Crippen LogP contribution is 2.42. The van der Waals surface area contributed by atoms with Crippen molar-refractivity contribution in [3.63, 3.8) is 0 Å². The molecule has 0 radical (unpaired) electrons. The van der Waals surface area contributed by atoms with Crippen LogP contribution < -0.4 is 19.7 Å². The van der Waals surface area contributed by atoms with Crippen LogP contribution in [0.4, 0.5) is 11.4 Å². The van der Waals surface area contributed by atoms with Gasteiger partial charge in [-0.3, -0.25) is 9.59 Å². The summed E-state index contributed by atoms with van der Waals surface area (Å²) in [6, 6.07) is 20.0. The van der Waals surface area contributed by atoms with Crippen molar-refractivity contribution in [1.82, 2.24) is 0 Å². The van der Waals surface area contributed by atoms with Gasteiger partial charge in [-0.2, -0.15) is 0 Å². The van der Waals surface area contributed by atoms with Crippen molar-refractivity contribution in [2.75, 3.05) is 24.4 Å². The van der Waals surface area contributed by atoms with Crippen LogP contribution in [0.5, 0.6) is 11.5 Å². The summed E-state index contributed by atoms with van der Waals surface area (Å²) in [6.07, 6.45) is 0.115. The van der Waals surface area contributed by atoms with Crippen LogP contribution in [0.15, 0.2) is 71.2 Å². The van der Waals surface area contributed by atoms with Gasteiger partial charge in [-0.1, -0.05) is 28.1 Å². The Hall–Kier alpha value is -3.32. The highest BCUT2D eigenvalue weighted by atomic mass is 79.9. The smallest absolute Gasteiger partial charge is 0.230 e. The Morgan fingerprint density at radius 1 is 0.970 bits per heavy atom. The molecular formula is C26H25BrN2O4. The Morgan fingerprint density at radius 3 is 2.15 bits per heavy atom. The fraction of sp³-hybridized carbons (Fsp3) is 0.231. The number of anilines is 2. The van der Waals surface area contributed by atoms with Gasteiger partial charge in [-0.05, 0) is 72.6 Å². The molecule has 0 saturated carbocycles. The number of carbonyl (C=O) groups excluding carboxylic acids is 2. The number of nitrogens with one attached hydrogen (secondary N) is 1. The first-order chi connectivity index (χ1) is 15.9. The number of hydrogen-bond acceptors (Lipinski definition) is 4. The average Bonchev–Trinajstić information content (AvgIpc) is 3.18. The van der Waals surface area contributed by atoms with E-state index in [4.69, 9.17) is 9.47 Å². The molecule has 3 aromatic carbocycles. The first-order valence-corrected chi connectivity index (χ1v) is 11.4. The van der Waals surface area contributed by atoms with Crippen LogP contribution in [0.3, 0.4) is 0 Å². The Balaban J connectivity index is 1.71. The van der Waals surface area contributed by atoms with Crippen molar-refractivity contribution in [2.45, 2.75) is 19.4 Å². The highest BCUT2D eigenvalue weighted by Gasteiger charge is 2.45. The van der Waals surface area contributed by atoms with Crippen molar-refractivity contribution in [3.05, 3.63) is 82.3 Å². The zero-order valence-corrected chi connectivity index (χ0v) is 20.3. The molecule has 1 N–H and O–H groups in total. The van der Waals surface area contributed by atoms with Gasteiger partial charge < -0.3 is 19.7 Å². The predicted octanol–water partition coefficient (Wildman–Crippen LogP) is 5.51. The molecule has 1 heterocycles. The summed E-state index contributed by atoms with van der Waals surface area (Å²) in [7, 11) is 3.20. The van der Waals surface area contributed by atoms with Crippen LogP contribution >= 0.6 is 15.9 Å². The second-order valence-corrected chi connectivity index (χ2v) is 8.85. The maximum absolute atomic E-state index is 13.4. The fourth-order valence-electron chi connectivity index (χ4n) is 4.19. The van der Waals surface area contributed by atoms with Crippen LogP contribution in [0.2, 0.25) is 0 Å². The number of ether oxygens (including phenoxy) is 2. The van der Waals surface area contributed by atoms with Crippen molar-refractivity contribution in [3.8, 4) is 11.5 Å². The van der Waals surface area contributed by atoms with Gasteiger partial charge >= 0.3 is 0 Å². The monoisotopic (exact) mass is 508 g/mol. The Labute approximate surface area is 201 Å². The third-order valence-electron chi connectivity index (χ3n) is 5.91. The van der Waals surface area contributed by atoms with Gasteiger partial charge in [-0.15, -0.1) is 0 Å². The molecule has 0 bridgehead atoms. The number of rotatable bonds is 6. The van der Waals surface area contributed by atoms with Crippen LogP contribution in [0, 0.1) is 12.8 Å². The molecule has 4 rings (SSSR count). The molecule has 7 heteroatoms. The molecule has 6 nitrogen and oxygen atoms in total. The molecule has 2 atom stereocenters. The van der Waals surface area contributed by atoms with E-state index in [0.717, 1.165) is 27.0 Å². The number of benzene rings is 3. The molecule has 1 fully saturated rings. The molecular weight excluding hydrogens is 484 g/mol. The Bertz CT molecular complexity index is 1160. The van der Waals surface area contributed by atoms with Gasteiger partial charge in [0.2, 0.25) is 11.8 Å². The van der Waals surface area contributed by atoms with Gasteiger partial charge in [0.15, 0.2) is 0 Å². The first kappa shape index (κ1) is 22.9. The third kappa shape index (κ3) is 4.73. The number of hydrogen-bond donors (Lipinski definition) is 1. The van der Waals surface area contributed by atoms with Gasteiger partial charge in [-0.25, -0.2) is 0 Å². The van der Waals surface area contributed by atoms with Crippen molar-refractivity contribution in [2.24, 2.45) is 5.92 Å². The third-order valence-corrected chi connectivity index (χ3v) is 6.41. The Morgan fingerprint density at radius 2 is 1.58 bits per heavy atom.